The summed E-state index contributed by atoms with van der Waals surface area (Å²) < 4.78 is 21.9. The molecule has 2 rings (SSSR count). The molecule has 0 spiro atoms. The van der Waals surface area contributed by atoms with Crippen LogP contribution in [0.25, 0.3) is 0 Å². The van der Waals surface area contributed by atoms with Crippen molar-refractivity contribution < 1.29 is 23.7 Å². The summed E-state index contributed by atoms with van der Waals surface area (Å²) in [6.45, 7) is 3.88. The molecule has 0 unspecified atom stereocenters. The Morgan fingerprint density at radius 3 is 2.07 bits per heavy atom. The summed E-state index contributed by atoms with van der Waals surface area (Å²) in [6, 6.07) is 3.52. The standard InChI is InChI=1S/C19H26N2O6/c1-11(2)7-14-18(22)20-13(19(27-6)21(14)23)8-12-9-15(24-3)17(26-5)16(10-12)25-4/h9-11H,7-8H2,1-6H3,(H,20,22). The van der Waals surface area contributed by atoms with Gasteiger partial charge in [-0.25, -0.2) is 0 Å². The van der Waals surface area contributed by atoms with Crippen molar-refractivity contribution in [3.63, 3.8) is 0 Å². The quantitative estimate of drug-likeness (QED) is 0.556. The SMILES string of the molecule is COc1cc(Cc2[nH]c(=O)c(CC(C)C)[n+]([O-])c2OC)cc(OC)c1OC. The van der Waals surface area contributed by atoms with Crippen molar-refractivity contribution >= 4 is 0 Å². The highest BCUT2D eigenvalue weighted by molar-refractivity contribution is 5.54. The largest absolute Gasteiger partial charge is 0.616 e. The van der Waals surface area contributed by atoms with Gasteiger partial charge in [-0.1, -0.05) is 13.8 Å². The second-order valence-corrected chi connectivity index (χ2v) is 6.49. The van der Waals surface area contributed by atoms with Crippen LogP contribution in [0.1, 0.15) is 30.8 Å². The molecule has 1 heterocycles. The first kappa shape index (κ1) is 20.4. The van der Waals surface area contributed by atoms with Crippen LogP contribution in [0, 0.1) is 11.1 Å². The van der Waals surface area contributed by atoms with E-state index in [1.165, 1.54) is 28.4 Å². The van der Waals surface area contributed by atoms with Crippen molar-refractivity contribution in [2.45, 2.75) is 26.7 Å². The molecule has 0 bridgehead atoms. The lowest BCUT2D eigenvalue weighted by Gasteiger charge is -2.15. The minimum atomic E-state index is -0.415. The Labute approximate surface area is 158 Å². The second-order valence-electron chi connectivity index (χ2n) is 6.49. The fourth-order valence-corrected chi connectivity index (χ4v) is 2.93. The first-order chi connectivity index (χ1) is 12.9. The lowest BCUT2D eigenvalue weighted by molar-refractivity contribution is -0.622. The third-order valence-corrected chi connectivity index (χ3v) is 4.11. The van der Waals surface area contributed by atoms with E-state index < -0.39 is 5.56 Å². The first-order valence-corrected chi connectivity index (χ1v) is 8.56. The average molecular weight is 378 g/mol. The van der Waals surface area contributed by atoms with Gasteiger partial charge in [0.1, 0.15) is 5.69 Å². The van der Waals surface area contributed by atoms with Crippen molar-refractivity contribution in [1.82, 2.24) is 4.98 Å². The molecule has 8 heteroatoms. The fourth-order valence-electron chi connectivity index (χ4n) is 2.93. The van der Waals surface area contributed by atoms with Crippen LogP contribution in [0.4, 0.5) is 0 Å². The molecule has 0 aliphatic rings. The molecule has 1 N–H and O–H groups in total. The van der Waals surface area contributed by atoms with Gasteiger partial charge >= 0.3 is 11.4 Å². The minimum Gasteiger partial charge on any atom is -0.616 e. The van der Waals surface area contributed by atoms with E-state index in [0.29, 0.717) is 34.1 Å². The van der Waals surface area contributed by atoms with Crippen molar-refractivity contribution in [1.29, 1.82) is 0 Å². The van der Waals surface area contributed by atoms with Gasteiger partial charge in [0.25, 0.3) is 5.69 Å². The molecule has 2 aromatic rings. The zero-order valence-corrected chi connectivity index (χ0v) is 16.5. The molecule has 0 saturated heterocycles. The molecule has 0 atom stereocenters. The number of methoxy groups -OCH3 is 4. The maximum absolute atomic E-state index is 12.6. The third-order valence-electron chi connectivity index (χ3n) is 4.11. The Kier molecular flexibility index (Phi) is 6.55. The van der Waals surface area contributed by atoms with Gasteiger partial charge in [-0.2, -0.15) is 0 Å². The van der Waals surface area contributed by atoms with Gasteiger partial charge in [-0.15, -0.1) is 4.73 Å². The summed E-state index contributed by atoms with van der Waals surface area (Å²) in [5, 5.41) is 12.6. The number of nitrogens with one attached hydrogen (secondary N) is 1. The molecule has 148 valence electrons. The van der Waals surface area contributed by atoms with E-state index in [4.69, 9.17) is 18.9 Å². The Morgan fingerprint density at radius 1 is 1.04 bits per heavy atom. The van der Waals surface area contributed by atoms with Gasteiger partial charge in [0.05, 0.1) is 28.4 Å². The molecule has 1 aromatic carbocycles. The van der Waals surface area contributed by atoms with Crippen molar-refractivity contribution in [2.75, 3.05) is 28.4 Å². The molecule has 0 amide bonds. The monoisotopic (exact) mass is 378 g/mol. The van der Waals surface area contributed by atoms with Crippen LogP contribution in [0.3, 0.4) is 0 Å². The summed E-state index contributed by atoms with van der Waals surface area (Å²) in [6.07, 6.45) is 0.610. The highest BCUT2D eigenvalue weighted by Crippen LogP contribution is 2.38. The molecule has 0 saturated carbocycles. The molecule has 0 radical (unpaired) electrons. The lowest BCUT2D eigenvalue weighted by atomic mass is 10.1. The number of hydrogen-bond donors (Lipinski definition) is 1. The molecule has 0 fully saturated rings. The number of H-pyrrole nitrogens is 1. The van der Waals surface area contributed by atoms with Crippen LogP contribution >= 0.6 is 0 Å². The van der Waals surface area contributed by atoms with Crippen LogP contribution in [0.15, 0.2) is 16.9 Å². The van der Waals surface area contributed by atoms with E-state index in [0.717, 1.165) is 5.56 Å². The van der Waals surface area contributed by atoms with E-state index in [-0.39, 0.29) is 23.9 Å². The Bertz CT molecular complexity index is 835. The fraction of sp³-hybridized carbons (Fsp3) is 0.474. The second kappa shape index (κ2) is 8.66. The number of aromatic amines is 1. The van der Waals surface area contributed by atoms with Crippen molar-refractivity contribution in [3.8, 4) is 23.1 Å². The topological polar surface area (TPSA) is 96.7 Å². The number of rotatable bonds is 8. The maximum Gasteiger partial charge on any atom is 0.400 e. The van der Waals surface area contributed by atoms with E-state index in [1.807, 2.05) is 13.8 Å². The number of nitrogens with zero attached hydrogens (tertiary/aromatic N) is 1. The summed E-state index contributed by atoms with van der Waals surface area (Å²) >= 11 is 0. The summed E-state index contributed by atoms with van der Waals surface area (Å²) in [7, 11) is 5.97. The van der Waals surface area contributed by atoms with Crippen LogP contribution in [0.2, 0.25) is 0 Å². The summed E-state index contributed by atoms with van der Waals surface area (Å²) in [5.41, 5.74) is 0.853. The molecular formula is C19H26N2O6. The lowest BCUT2D eigenvalue weighted by Crippen LogP contribution is -2.43. The normalized spacial score (nSPS) is 10.8. The van der Waals surface area contributed by atoms with Crippen molar-refractivity contribution in [2.24, 2.45) is 5.92 Å². The molecule has 0 aliphatic heterocycles. The molecule has 8 nitrogen and oxygen atoms in total. The predicted octanol–water partition coefficient (Wildman–Crippen LogP) is 1.83. The number of benzene rings is 1. The summed E-state index contributed by atoms with van der Waals surface area (Å²) in [5.74, 6) is 1.67. The number of aromatic nitrogens is 2. The van der Waals surface area contributed by atoms with Crippen LogP contribution in [-0.2, 0) is 12.8 Å². The van der Waals surface area contributed by atoms with Crippen LogP contribution < -0.4 is 29.2 Å². The highest BCUT2D eigenvalue weighted by Gasteiger charge is 2.24. The minimum absolute atomic E-state index is 0.0685. The zero-order chi connectivity index (χ0) is 20.1. The molecule has 27 heavy (non-hydrogen) atoms. The van der Waals surface area contributed by atoms with Gasteiger partial charge in [-0.05, 0) is 23.6 Å². The molecule has 1 aromatic heterocycles. The Hall–Kier alpha value is -2.90. The highest BCUT2D eigenvalue weighted by atomic mass is 16.5. The molecular weight excluding hydrogens is 352 g/mol. The van der Waals surface area contributed by atoms with E-state index in [9.17, 15) is 10.0 Å². The van der Waals surface area contributed by atoms with Crippen LogP contribution in [0.5, 0.6) is 23.1 Å². The number of hydrogen-bond acceptors (Lipinski definition) is 6. The van der Waals surface area contributed by atoms with Crippen LogP contribution in [-0.4, -0.2) is 33.4 Å². The third kappa shape index (κ3) is 4.27. The Balaban J connectivity index is 2.53. The zero-order valence-electron chi connectivity index (χ0n) is 16.5. The van der Waals surface area contributed by atoms with Gasteiger partial charge in [0, 0.05) is 12.8 Å². The van der Waals surface area contributed by atoms with Gasteiger partial charge in [-0.3, -0.25) is 4.79 Å². The van der Waals surface area contributed by atoms with E-state index in [2.05, 4.69) is 4.98 Å². The number of ether oxygens (including phenoxy) is 4. The van der Waals surface area contributed by atoms with E-state index in [1.54, 1.807) is 12.1 Å². The maximum atomic E-state index is 12.6. The average Bonchev–Trinajstić information content (AvgIpc) is 2.64. The van der Waals surface area contributed by atoms with Gasteiger partial charge in [0.2, 0.25) is 5.75 Å². The van der Waals surface area contributed by atoms with Gasteiger partial charge in [0.15, 0.2) is 11.5 Å². The smallest absolute Gasteiger partial charge is 0.400 e. The molecule has 0 aliphatic carbocycles. The van der Waals surface area contributed by atoms with Gasteiger partial charge < -0.3 is 29.1 Å². The Morgan fingerprint density at radius 2 is 1.63 bits per heavy atom. The van der Waals surface area contributed by atoms with E-state index >= 15 is 0 Å². The van der Waals surface area contributed by atoms with Crippen molar-refractivity contribution in [3.05, 3.63) is 44.6 Å². The first-order valence-electron chi connectivity index (χ1n) is 8.56. The predicted molar refractivity (Wildman–Crippen MR) is 100 cm³/mol. The summed E-state index contributed by atoms with van der Waals surface area (Å²) in [4.78, 5) is 15.2.